The van der Waals surface area contributed by atoms with E-state index in [0.717, 1.165) is 48.9 Å². The number of aliphatic hydroxyl groups excluding tert-OH is 1. The Bertz CT molecular complexity index is 642. The molecule has 0 spiro atoms. The lowest BCUT2D eigenvalue weighted by atomic mass is 10.1. The number of ether oxygens (including phenoxy) is 2. The molecule has 124 valence electrons. The van der Waals surface area contributed by atoms with Crippen molar-refractivity contribution >= 4 is 0 Å². The Morgan fingerprint density at radius 3 is 3.09 bits per heavy atom. The monoisotopic (exact) mass is 317 g/mol. The summed E-state index contributed by atoms with van der Waals surface area (Å²) in [5.74, 6) is 1.73. The molecule has 0 saturated carbocycles. The van der Waals surface area contributed by atoms with Gasteiger partial charge in [0.2, 0.25) is 0 Å². The fourth-order valence-corrected chi connectivity index (χ4v) is 2.81. The molecule has 1 aromatic heterocycles. The molecular formula is C17H23N3O3. The average molecular weight is 317 g/mol. The number of hydrogen-bond donors (Lipinski definition) is 2. The van der Waals surface area contributed by atoms with E-state index >= 15 is 0 Å². The number of aromatic nitrogens is 2. The Morgan fingerprint density at radius 1 is 1.35 bits per heavy atom. The highest BCUT2D eigenvalue weighted by atomic mass is 16.5. The van der Waals surface area contributed by atoms with Crippen molar-refractivity contribution in [2.45, 2.75) is 13.0 Å². The van der Waals surface area contributed by atoms with Crippen molar-refractivity contribution in [3.8, 4) is 17.1 Å². The van der Waals surface area contributed by atoms with Gasteiger partial charge in [-0.15, -0.1) is 0 Å². The van der Waals surface area contributed by atoms with Gasteiger partial charge in [-0.1, -0.05) is 12.1 Å². The quantitative estimate of drug-likeness (QED) is 0.757. The second-order valence-corrected chi connectivity index (χ2v) is 5.60. The topological polar surface area (TPSA) is 70.6 Å². The normalized spacial score (nSPS) is 14.7. The molecule has 0 fully saturated rings. The lowest BCUT2D eigenvalue weighted by Crippen LogP contribution is -2.33. The fraction of sp³-hybridized carbons (Fsp3) is 0.471. The van der Waals surface area contributed by atoms with Gasteiger partial charge in [-0.05, 0) is 12.1 Å². The van der Waals surface area contributed by atoms with E-state index in [1.807, 2.05) is 24.3 Å². The molecule has 0 bridgehead atoms. The molecule has 2 N–H and O–H groups in total. The SMILES string of the molecule is COc1cccc(-c2nc3c([nH]2)CN(CCOCCO)CC3)c1. The number of H-pyrrole nitrogens is 1. The van der Waals surface area contributed by atoms with E-state index in [9.17, 15) is 0 Å². The van der Waals surface area contributed by atoms with Gasteiger partial charge in [0, 0.05) is 31.6 Å². The van der Waals surface area contributed by atoms with Gasteiger partial charge in [0.1, 0.15) is 11.6 Å². The highest BCUT2D eigenvalue weighted by Crippen LogP contribution is 2.25. The van der Waals surface area contributed by atoms with Gasteiger partial charge < -0.3 is 19.6 Å². The molecule has 1 aliphatic rings. The minimum Gasteiger partial charge on any atom is -0.497 e. The third-order valence-corrected chi connectivity index (χ3v) is 4.04. The van der Waals surface area contributed by atoms with Crippen LogP contribution in [0.2, 0.25) is 0 Å². The second-order valence-electron chi connectivity index (χ2n) is 5.60. The molecule has 2 heterocycles. The lowest BCUT2D eigenvalue weighted by molar-refractivity contribution is 0.0705. The van der Waals surface area contributed by atoms with Gasteiger partial charge in [0.15, 0.2) is 0 Å². The summed E-state index contributed by atoms with van der Waals surface area (Å²) in [7, 11) is 1.67. The van der Waals surface area contributed by atoms with Gasteiger partial charge in [-0.3, -0.25) is 4.90 Å². The van der Waals surface area contributed by atoms with Crippen LogP contribution in [-0.4, -0.2) is 60.0 Å². The molecule has 6 nitrogen and oxygen atoms in total. The molecule has 0 saturated heterocycles. The standard InChI is InChI=1S/C17H23N3O3/c1-22-14-4-2-3-13(11-14)17-18-15-5-6-20(12-16(15)19-17)7-9-23-10-8-21/h2-4,11,21H,5-10,12H2,1H3,(H,18,19). The van der Waals surface area contributed by atoms with Crippen LogP contribution in [0.1, 0.15) is 11.4 Å². The molecular weight excluding hydrogens is 294 g/mol. The third kappa shape index (κ3) is 3.90. The van der Waals surface area contributed by atoms with Gasteiger partial charge in [-0.25, -0.2) is 4.98 Å². The van der Waals surface area contributed by atoms with Crippen LogP contribution in [0.15, 0.2) is 24.3 Å². The first-order chi connectivity index (χ1) is 11.3. The van der Waals surface area contributed by atoms with E-state index in [4.69, 9.17) is 19.6 Å². The van der Waals surface area contributed by atoms with Gasteiger partial charge in [-0.2, -0.15) is 0 Å². The maximum absolute atomic E-state index is 8.72. The number of benzene rings is 1. The van der Waals surface area contributed by atoms with E-state index in [-0.39, 0.29) is 6.61 Å². The van der Waals surface area contributed by atoms with Crippen molar-refractivity contribution in [1.29, 1.82) is 0 Å². The van der Waals surface area contributed by atoms with Crippen molar-refractivity contribution in [3.63, 3.8) is 0 Å². The Labute approximate surface area is 136 Å². The fourth-order valence-electron chi connectivity index (χ4n) is 2.81. The number of imidazole rings is 1. The maximum atomic E-state index is 8.72. The van der Waals surface area contributed by atoms with Crippen LogP contribution in [0.5, 0.6) is 5.75 Å². The Balaban J connectivity index is 1.66. The summed E-state index contributed by atoms with van der Waals surface area (Å²) in [4.78, 5) is 10.5. The van der Waals surface area contributed by atoms with Crippen LogP contribution in [0.3, 0.4) is 0 Å². The third-order valence-electron chi connectivity index (χ3n) is 4.04. The number of nitrogens with zero attached hydrogens (tertiary/aromatic N) is 2. The van der Waals surface area contributed by atoms with Crippen LogP contribution >= 0.6 is 0 Å². The number of nitrogens with one attached hydrogen (secondary N) is 1. The van der Waals surface area contributed by atoms with Crippen molar-refractivity contribution in [3.05, 3.63) is 35.7 Å². The first-order valence-corrected chi connectivity index (χ1v) is 7.93. The zero-order valence-electron chi connectivity index (χ0n) is 13.4. The molecule has 0 aliphatic carbocycles. The van der Waals surface area contributed by atoms with Crippen LogP contribution in [-0.2, 0) is 17.7 Å². The molecule has 1 aromatic carbocycles. The van der Waals surface area contributed by atoms with Gasteiger partial charge >= 0.3 is 0 Å². The molecule has 1 aliphatic heterocycles. The summed E-state index contributed by atoms with van der Waals surface area (Å²) in [6.07, 6.45) is 0.940. The van der Waals surface area contributed by atoms with Crippen LogP contribution in [0.4, 0.5) is 0 Å². The van der Waals surface area contributed by atoms with E-state index < -0.39 is 0 Å². The Kier molecular flexibility index (Phi) is 5.27. The van der Waals surface area contributed by atoms with E-state index in [0.29, 0.717) is 13.2 Å². The molecule has 23 heavy (non-hydrogen) atoms. The summed E-state index contributed by atoms with van der Waals surface area (Å²) in [6, 6.07) is 7.93. The minimum absolute atomic E-state index is 0.0780. The molecule has 2 aromatic rings. The predicted molar refractivity (Wildman–Crippen MR) is 87.5 cm³/mol. The molecule has 3 rings (SSSR count). The van der Waals surface area contributed by atoms with E-state index in [2.05, 4.69) is 9.88 Å². The number of fused-ring (bicyclic) bond motifs is 1. The zero-order chi connectivity index (χ0) is 16.1. The van der Waals surface area contributed by atoms with Gasteiger partial charge in [0.05, 0.1) is 38.3 Å². The number of aromatic amines is 1. The molecule has 6 heteroatoms. The first kappa shape index (κ1) is 16.0. The number of rotatable bonds is 7. The number of methoxy groups -OCH3 is 1. The van der Waals surface area contributed by atoms with E-state index in [1.54, 1.807) is 7.11 Å². The molecule has 0 radical (unpaired) electrons. The maximum Gasteiger partial charge on any atom is 0.137 e. The second kappa shape index (κ2) is 7.59. The molecule has 0 amide bonds. The van der Waals surface area contributed by atoms with Crippen molar-refractivity contribution in [1.82, 2.24) is 14.9 Å². The Morgan fingerprint density at radius 2 is 2.26 bits per heavy atom. The van der Waals surface area contributed by atoms with Crippen LogP contribution < -0.4 is 4.74 Å². The summed E-state index contributed by atoms with van der Waals surface area (Å²) in [5.41, 5.74) is 3.36. The summed E-state index contributed by atoms with van der Waals surface area (Å²) in [5, 5.41) is 8.72. The molecule has 0 unspecified atom stereocenters. The van der Waals surface area contributed by atoms with Crippen molar-refractivity contribution < 1.29 is 14.6 Å². The van der Waals surface area contributed by atoms with Gasteiger partial charge in [0.25, 0.3) is 0 Å². The van der Waals surface area contributed by atoms with Crippen LogP contribution in [0, 0.1) is 0 Å². The van der Waals surface area contributed by atoms with Crippen molar-refractivity contribution in [2.24, 2.45) is 0 Å². The van der Waals surface area contributed by atoms with Crippen molar-refractivity contribution in [2.75, 3.05) is 40.0 Å². The van der Waals surface area contributed by atoms with Crippen LogP contribution in [0.25, 0.3) is 11.4 Å². The molecule has 0 atom stereocenters. The smallest absolute Gasteiger partial charge is 0.137 e. The number of hydrogen-bond acceptors (Lipinski definition) is 5. The van der Waals surface area contributed by atoms with E-state index in [1.165, 1.54) is 5.69 Å². The Hall–Kier alpha value is -1.89. The highest BCUT2D eigenvalue weighted by molar-refractivity contribution is 5.58. The predicted octanol–water partition coefficient (Wildman–Crippen LogP) is 1.45. The summed E-state index contributed by atoms with van der Waals surface area (Å²) >= 11 is 0. The summed E-state index contributed by atoms with van der Waals surface area (Å²) in [6.45, 7) is 3.84. The highest BCUT2D eigenvalue weighted by Gasteiger charge is 2.20. The average Bonchev–Trinajstić information content (AvgIpc) is 3.02. The zero-order valence-corrected chi connectivity index (χ0v) is 13.4. The minimum atomic E-state index is 0.0780. The largest absolute Gasteiger partial charge is 0.497 e. The lowest BCUT2D eigenvalue weighted by Gasteiger charge is -2.25. The number of aliphatic hydroxyl groups is 1. The summed E-state index contributed by atoms with van der Waals surface area (Å²) < 4.78 is 10.6. The first-order valence-electron chi connectivity index (χ1n) is 7.93.